The zero-order chi connectivity index (χ0) is 19.5. The maximum absolute atomic E-state index is 12.6. The monoisotopic (exact) mass is 378 g/mol. The van der Waals surface area contributed by atoms with Crippen LogP contribution in [0.3, 0.4) is 0 Å². The Morgan fingerprint density at radius 2 is 1.96 bits per heavy atom. The molecule has 6 heteroatoms. The first kappa shape index (κ1) is 18.3. The number of carbonyl (C=O) groups is 1. The van der Waals surface area contributed by atoms with Gasteiger partial charge in [0.05, 0.1) is 17.6 Å². The minimum atomic E-state index is -0.0529. The van der Waals surface area contributed by atoms with Crippen molar-refractivity contribution in [1.29, 1.82) is 0 Å². The van der Waals surface area contributed by atoms with Gasteiger partial charge in [0, 0.05) is 24.7 Å². The van der Waals surface area contributed by atoms with Crippen molar-refractivity contribution in [2.24, 2.45) is 0 Å². The maximum atomic E-state index is 12.6. The molecule has 2 amide bonds. The summed E-state index contributed by atoms with van der Waals surface area (Å²) in [6.07, 6.45) is 1.82. The summed E-state index contributed by atoms with van der Waals surface area (Å²) in [4.78, 5) is 22.7. The van der Waals surface area contributed by atoms with Gasteiger partial charge in [0.2, 0.25) is 0 Å². The summed E-state index contributed by atoms with van der Waals surface area (Å²) in [5.41, 5.74) is 4.11. The van der Waals surface area contributed by atoms with Crippen LogP contribution in [-0.2, 0) is 0 Å². The number of rotatable bonds is 4. The standard InChI is InChI=1S/C22H26N4O2/c1-3-28-18-7-5-17(6-8-18)23-22(27)26-12-10-16(11-13-26)21-24-19-9-4-15(2)14-20(19)25-21/h4-9,14,16H,3,10-13H2,1-2H3,(H,23,27)(H,24,25). The van der Waals surface area contributed by atoms with E-state index >= 15 is 0 Å². The van der Waals surface area contributed by atoms with Gasteiger partial charge in [-0.05, 0) is 68.7 Å². The van der Waals surface area contributed by atoms with Crippen molar-refractivity contribution in [2.45, 2.75) is 32.6 Å². The molecule has 4 rings (SSSR count). The zero-order valence-electron chi connectivity index (χ0n) is 16.4. The Labute approximate surface area is 164 Å². The number of carbonyl (C=O) groups excluding carboxylic acids is 1. The molecule has 0 saturated carbocycles. The summed E-state index contributed by atoms with van der Waals surface area (Å²) in [5, 5.41) is 2.97. The van der Waals surface area contributed by atoms with Gasteiger partial charge < -0.3 is 19.9 Å². The summed E-state index contributed by atoms with van der Waals surface area (Å²) in [7, 11) is 0. The molecule has 2 heterocycles. The topological polar surface area (TPSA) is 70.2 Å². The van der Waals surface area contributed by atoms with E-state index in [1.807, 2.05) is 36.1 Å². The van der Waals surface area contributed by atoms with Crippen LogP contribution in [0.2, 0.25) is 0 Å². The van der Waals surface area contributed by atoms with Gasteiger partial charge in [-0.3, -0.25) is 0 Å². The smallest absolute Gasteiger partial charge is 0.321 e. The molecule has 6 nitrogen and oxygen atoms in total. The average Bonchev–Trinajstić information content (AvgIpc) is 3.13. The van der Waals surface area contributed by atoms with Gasteiger partial charge in [-0.15, -0.1) is 0 Å². The molecule has 0 radical (unpaired) electrons. The second-order valence-electron chi connectivity index (χ2n) is 7.29. The molecule has 0 unspecified atom stereocenters. The van der Waals surface area contributed by atoms with E-state index in [1.165, 1.54) is 5.56 Å². The van der Waals surface area contributed by atoms with Crippen LogP contribution in [0.4, 0.5) is 10.5 Å². The number of benzene rings is 2. The van der Waals surface area contributed by atoms with E-state index in [0.29, 0.717) is 12.5 Å². The van der Waals surface area contributed by atoms with Crippen LogP contribution in [-0.4, -0.2) is 40.6 Å². The van der Waals surface area contributed by atoms with Crippen molar-refractivity contribution in [3.05, 3.63) is 53.9 Å². The Hall–Kier alpha value is -3.02. The van der Waals surface area contributed by atoms with Crippen LogP contribution in [0.25, 0.3) is 11.0 Å². The second-order valence-corrected chi connectivity index (χ2v) is 7.29. The van der Waals surface area contributed by atoms with Crippen LogP contribution in [0.1, 0.15) is 37.1 Å². The SMILES string of the molecule is CCOc1ccc(NC(=O)N2CCC(c3nc4ccc(C)cc4[nH]3)CC2)cc1. The van der Waals surface area contributed by atoms with Gasteiger partial charge in [-0.2, -0.15) is 0 Å². The van der Waals surface area contributed by atoms with E-state index in [0.717, 1.165) is 54.2 Å². The normalized spacial score (nSPS) is 15.0. The predicted molar refractivity (Wildman–Crippen MR) is 111 cm³/mol. The van der Waals surface area contributed by atoms with Crippen LogP contribution in [0.5, 0.6) is 5.75 Å². The summed E-state index contributed by atoms with van der Waals surface area (Å²) in [6.45, 7) is 6.12. The van der Waals surface area contributed by atoms with E-state index in [-0.39, 0.29) is 6.03 Å². The largest absolute Gasteiger partial charge is 0.494 e. The minimum Gasteiger partial charge on any atom is -0.494 e. The van der Waals surface area contributed by atoms with Crippen LogP contribution in [0.15, 0.2) is 42.5 Å². The van der Waals surface area contributed by atoms with Crippen molar-refractivity contribution in [2.75, 3.05) is 25.0 Å². The number of imidazole rings is 1. The number of hydrogen-bond acceptors (Lipinski definition) is 3. The number of likely N-dealkylation sites (tertiary alicyclic amines) is 1. The maximum Gasteiger partial charge on any atom is 0.321 e. The van der Waals surface area contributed by atoms with Crippen molar-refractivity contribution >= 4 is 22.8 Å². The molecule has 0 atom stereocenters. The molecule has 3 aromatic rings. The number of aromatic nitrogens is 2. The van der Waals surface area contributed by atoms with Crippen LogP contribution in [0, 0.1) is 6.92 Å². The fraction of sp³-hybridized carbons (Fsp3) is 0.364. The van der Waals surface area contributed by atoms with Crippen LogP contribution >= 0.6 is 0 Å². The summed E-state index contributed by atoms with van der Waals surface area (Å²) >= 11 is 0. The quantitative estimate of drug-likeness (QED) is 0.692. The highest BCUT2D eigenvalue weighted by atomic mass is 16.5. The number of amides is 2. The van der Waals surface area contributed by atoms with Crippen molar-refractivity contribution in [3.8, 4) is 5.75 Å². The number of aryl methyl sites for hydroxylation is 1. The molecule has 1 saturated heterocycles. The van der Waals surface area contributed by atoms with E-state index < -0.39 is 0 Å². The third kappa shape index (κ3) is 3.96. The van der Waals surface area contributed by atoms with Crippen LogP contribution < -0.4 is 10.1 Å². The Kier molecular flexibility index (Phi) is 5.19. The molecule has 1 aliphatic heterocycles. The van der Waals surface area contributed by atoms with Crippen molar-refractivity contribution in [1.82, 2.24) is 14.9 Å². The molecule has 0 bridgehead atoms. The minimum absolute atomic E-state index is 0.0529. The molecule has 2 aromatic carbocycles. The highest BCUT2D eigenvalue weighted by molar-refractivity contribution is 5.89. The molecular weight excluding hydrogens is 352 g/mol. The van der Waals surface area contributed by atoms with Gasteiger partial charge in [0.1, 0.15) is 11.6 Å². The molecule has 1 fully saturated rings. The van der Waals surface area contributed by atoms with Gasteiger partial charge in [0.15, 0.2) is 0 Å². The van der Waals surface area contributed by atoms with E-state index in [2.05, 4.69) is 35.4 Å². The number of urea groups is 1. The van der Waals surface area contributed by atoms with E-state index in [1.54, 1.807) is 0 Å². The molecule has 2 N–H and O–H groups in total. The van der Waals surface area contributed by atoms with E-state index in [9.17, 15) is 4.79 Å². The third-order valence-corrected chi connectivity index (χ3v) is 5.24. The van der Waals surface area contributed by atoms with Gasteiger partial charge in [-0.1, -0.05) is 6.07 Å². The fourth-order valence-electron chi connectivity index (χ4n) is 3.70. The summed E-state index contributed by atoms with van der Waals surface area (Å²) in [5.74, 6) is 2.21. The van der Waals surface area contributed by atoms with Gasteiger partial charge in [0.25, 0.3) is 0 Å². The first-order chi connectivity index (χ1) is 13.6. The lowest BCUT2D eigenvalue weighted by Crippen LogP contribution is -2.40. The zero-order valence-corrected chi connectivity index (χ0v) is 16.4. The number of nitrogens with one attached hydrogen (secondary N) is 2. The number of hydrogen-bond donors (Lipinski definition) is 2. The first-order valence-electron chi connectivity index (χ1n) is 9.87. The lowest BCUT2D eigenvalue weighted by molar-refractivity contribution is 0.193. The number of piperidine rings is 1. The van der Waals surface area contributed by atoms with Crippen molar-refractivity contribution < 1.29 is 9.53 Å². The number of nitrogens with zero attached hydrogens (tertiary/aromatic N) is 2. The predicted octanol–water partition coefficient (Wildman–Crippen LogP) is 4.68. The first-order valence-corrected chi connectivity index (χ1v) is 9.87. The number of fused-ring (bicyclic) bond motifs is 1. The molecular formula is C22H26N4O2. The highest BCUT2D eigenvalue weighted by Gasteiger charge is 2.25. The number of aromatic amines is 1. The van der Waals surface area contributed by atoms with Gasteiger partial charge >= 0.3 is 6.03 Å². The van der Waals surface area contributed by atoms with Gasteiger partial charge in [-0.25, -0.2) is 9.78 Å². The Bertz CT molecular complexity index is 956. The molecule has 0 spiro atoms. The molecule has 146 valence electrons. The molecule has 0 aliphatic carbocycles. The fourth-order valence-corrected chi connectivity index (χ4v) is 3.70. The molecule has 1 aromatic heterocycles. The Morgan fingerprint density at radius 3 is 2.68 bits per heavy atom. The molecule has 28 heavy (non-hydrogen) atoms. The highest BCUT2D eigenvalue weighted by Crippen LogP contribution is 2.28. The summed E-state index contributed by atoms with van der Waals surface area (Å²) in [6, 6.07) is 13.7. The Morgan fingerprint density at radius 1 is 1.21 bits per heavy atom. The lowest BCUT2D eigenvalue weighted by Gasteiger charge is -2.31. The molecule has 1 aliphatic rings. The van der Waals surface area contributed by atoms with Crippen molar-refractivity contribution in [3.63, 3.8) is 0 Å². The second kappa shape index (κ2) is 7.92. The average molecular weight is 378 g/mol. The Balaban J connectivity index is 1.34. The van der Waals surface area contributed by atoms with E-state index in [4.69, 9.17) is 9.72 Å². The lowest BCUT2D eigenvalue weighted by atomic mass is 9.96. The number of anilines is 1. The number of ether oxygens (including phenoxy) is 1. The number of H-pyrrole nitrogens is 1. The summed E-state index contributed by atoms with van der Waals surface area (Å²) < 4.78 is 5.43. The third-order valence-electron chi connectivity index (χ3n) is 5.24.